The fraction of sp³-hybridized carbons (Fsp3) is 0.423. The highest BCUT2D eigenvalue weighted by Gasteiger charge is 2.51. The van der Waals surface area contributed by atoms with E-state index in [2.05, 4.69) is 20.4 Å². The number of likely N-dealkylation sites (tertiary alicyclic amines) is 1. The van der Waals surface area contributed by atoms with Gasteiger partial charge < -0.3 is 25.0 Å². The zero-order chi connectivity index (χ0) is 29.5. The van der Waals surface area contributed by atoms with Crippen molar-refractivity contribution in [3.05, 3.63) is 69.7 Å². The molecule has 2 N–H and O–H groups in total. The van der Waals surface area contributed by atoms with Gasteiger partial charge in [-0.3, -0.25) is 23.7 Å². The number of aromatic nitrogens is 5. The molecule has 41 heavy (non-hydrogen) atoms. The Morgan fingerprint density at radius 2 is 2.02 bits per heavy atom. The standard InChI is InChI=1S/C26H29FN8O6/c1-15-29-14-35(31-15)19-10-17(27)5-4-16(19)12-28-22(38)18-11-21(37)34-8-9-41-26(25(34)30-18)6-7-33(13-20(26)36)24(40)23(39)32(2)3/h4-5,10-11,14,20,36H,6-9,12-13H2,1-3H3,(H,28,38). The topological polar surface area (TPSA) is 165 Å². The van der Waals surface area contributed by atoms with Crippen LogP contribution in [0.1, 0.15) is 34.1 Å². The number of rotatable bonds is 4. The van der Waals surface area contributed by atoms with E-state index in [1.807, 2.05) is 0 Å². The Labute approximate surface area is 233 Å². The van der Waals surface area contributed by atoms with E-state index in [-0.39, 0.29) is 50.7 Å². The van der Waals surface area contributed by atoms with E-state index in [1.54, 1.807) is 6.92 Å². The van der Waals surface area contributed by atoms with E-state index in [0.717, 1.165) is 11.0 Å². The number of aliphatic hydroxyl groups excluding tert-OH is 1. The number of nitrogens with one attached hydrogen (secondary N) is 1. The summed E-state index contributed by atoms with van der Waals surface area (Å²) in [6.07, 6.45) is 0.162. The number of likely N-dealkylation sites (N-methyl/N-ethyl adjacent to an activating group) is 1. The van der Waals surface area contributed by atoms with Gasteiger partial charge >= 0.3 is 11.8 Å². The molecule has 3 amide bonds. The number of aryl methyl sites for hydroxylation is 1. The highest BCUT2D eigenvalue weighted by molar-refractivity contribution is 6.34. The van der Waals surface area contributed by atoms with E-state index in [4.69, 9.17) is 4.74 Å². The number of carbonyl (C=O) groups excluding carboxylic acids is 3. The number of amides is 3. The summed E-state index contributed by atoms with van der Waals surface area (Å²) in [5, 5.41) is 18.1. The van der Waals surface area contributed by atoms with Crippen LogP contribution in [0.25, 0.3) is 5.69 Å². The Kier molecular flexibility index (Phi) is 7.40. The lowest BCUT2D eigenvalue weighted by Gasteiger charge is -2.47. The Morgan fingerprint density at radius 3 is 2.71 bits per heavy atom. The van der Waals surface area contributed by atoms with Gasteiger partial charge in [-0.1, -0.05) is 6.07 Å². The van der Waals surface area contributed by atoms with Gasteiger partial charge in [-0.05, 0) is 24.6 Å². The molecule has 1 aromatic carbocycles. The number of hydrogen-bond donors (Lipinski definition) is 2. The Morgan fingerprint density at radius 1 is 1.24 bits per heavy atom. The van der Waals surface area contributed by atoms with Gasteiger partial charge in [0.1, 0.15) is 35.6 Å². The van der Waals surface area contributed by atoms with E-state index in [9.17, 15) is 28.7 Å². The van der Waals surface area contributed by atoms with Crippen molar-refractivity contribution in [2.24, 2.45) is 0 Å². The van der Waals surface area contributed by atoms with Crippen molar-refractivity contribution in [2.45, 2.75) is 38.1 Å². The number of hydrogen-bond acceptors (Lipinski definition) is 9. The second kappa shape index (κ2) is 10.8. The molecule has 0 bridgehead atoms. The quantitative estimate of drug-likeness (QED) is 0.380. The van der Waals surface area contributed by atoms with Crippen LogP contribution in [0.15, 0.2) is 35.4 Å². The summed E-state index contributed by atoms with van der Waals surface area (Å²) >= 11 is 0. The van der Waals surface area contributed by atoms with Gasteiger partial charge in [0, 0.05) is 39.7 Å². The summed E-state index contributed by atoms with van der Waals surface area (Å²) in [5.41, 5.74) is -1.23. The zero-order valence-corrected chi connectivity index (χ0v) is 22.7. The molecular weight excluding hydrogens is 539 g/mol. The third-order valence-electron chi connectivity index (χ3n) is 7.19. The van der Waals surface area contributed by atoms with E-state index in [0.29, 0.717) is 17.1 Å². The third kappa shape index (κ3) is 5.20. The predicted octanol–water partition coefficient (Wildman–Crippen LogP) is -0.892. The minimum Gasteiger partial charge on any atom is -0.388 e. The second-order valence-electron chi connectivity index (χ2n) is 10.1. The number of aliphatic hydroxyl groups is 1. The Balaban J connectivity index is 1.39. The average molecular weight is 569 g/mol. The van der Waals surface area contributed by atoms with Crippen LogP contribution >= 0.6 is 0 Å². The number of β-amino-alcohol motifs (C(OH)–C–C–N with tert-alkyl or cyclic N) is 1. The van der Waals surface area contributed by atoms with Crippen molar-refractivity contribution in [2.75, 3.05) is 33.8 Å². The maximum Gasteiger partial charge on any atom is 0.312 e. The first-order valence-corrected chi connectivity index (χ1v) is 12.9. The molecule has 216 valence electrons. The fourth-order valence-corrected chi connectivity index (χ4v) is 5.03. The Hall–Kier alpha value is -4.50. The van der Waals surface area contributed by atoms with Crippen molar-refractivity contribution < 1.29 is 28.6 Å². The van der Waals surface area contributed by atoms with Gasteiger partial charge in [0.15, 0.2) is 5.60 Å². The van der Waals surface area contributed by atoms with Crippen LogP contribution in [-0.4, -0.2) is 96.8 Å². The molecule has 5 rings (SSSR count). The molecule has 2 aromatic heterocycles. The summed E-state index contributed by atoms with van der Waals surface area (Å²) in [6.45, 7) is 1.77. The number of ether oxygens (including phenoxy) is 1. The molecule has 1 saturated heterocycles. The normalized spacial score (nSPS) is 20.0. The lowest BCUT2D eigenvalue weighted by Crippen LogP contribution is -2.61. The van der Waals surface area contributed by atoms with Crippen LogP contribution in [-0.2, 0) is 33.0 Å². The number of halogens is 1. The number of piperidine rings is 1. The lowest BCUT2D eigenvalue weighted by molar-refractivity contribution is -0.188. The monoisotopic (exact) mass is 568 g/mol. The highest BCUT2D eigenvalue weighted by atomic mass is 19.1. The van der Waals surface area contributed by atoms with E-state index in [1.165, 1.54) is 52.8 Å². The highest BCUT2D eigenvalue weighted by Crippen LogP contribution is 2.38. The van der Waals surface area contributed by atoms with E-state index < -0.39 is 40.8 Å². The molecule has 1 spiro atoms. The second-order valence-corrected chi connectivity index (χ2v) is 10.1. The van der Waals surface area contributed by atoms with E-state index >= 15 is 0 Å². The van der Waals surface area contributed by atoms with Crippen molar-refractivity contribution in [1.29, 1.82) is 0 Å². The smallest absolute Gasteiger partial charge is 0.312 e. The third-order valence-corrected chi connectivity index (χ3v) is 7.19. The molecule has 2 aliphatic heterocycles. The molecule has 2 atom stereocenters. The first-order chi connectivity index (χ1) is 19.5. The predicted molar refractivity (Wildman–Crippen MR) is 139 cm³/mol. The molecule has 4 heterocycles. The largest absolute Gasteiger partial charge is 0.388 e. The molecule has 2 unspecified atom stereocenters. The summed E-state index contributed by atoms with van der Waals surface area (Å²) in [6, 6.07) is 5.13. The molecule has 3 aromatic rings. The number of benzene rings is 1. The fourth-order valence-electron chi connectivity index (χ4n) is 5.03. The Bertz CT molecular complexity index is 1590. The average Bonchev–Trinajstić information content (AvgIpc) is 3.39. The minimum atomic E-state index is -1.46. The molecule has 2 aliphatic rings. The number of carbonyl (C=O) groups is 3. The van der Waals surface area contributed by atoms with Crippen LogP contribution in [0.4, 0.5) is 4.39 Å². The lowest BCUT2D eigenvalue weighted by atomic mass is 9.86. The van der Waals surface area contributed by atoms with Crippen molar-refractivity contribution in [3.63, 3.8) is 0 Å². The number of nitrogens with zero attached hydrogens (tertiary/aromatic N) is 7. The molecule has 1 fully saturated rings. The first-order valence-electron chi connectivity index (χ1n) is 12.9. The maximum absolute atomic E-state index is 14.0. The molecule has 14 nitrogen and oxygen atoms in total. The molecule has 0 radical (unpaired) electrons. The van der Waals surface area contributed by atoms with Crippen molar-refractivity contribution >= 4 is 17.7 Å². The maximum atomic E-state index is 14.0. The van der Waals surface area contributed by atoms with Gasteiger partial charge in [-0.25, -0.2) is 19.0 Å². The molecule has 0 saturated carbocycles. The van der Waals surface area contributed by atoms with Crippen molar-refractivity contribution in [3.8, 4) is 5.69 Å². The van der Waals surface area contributed by atoms with Crippen LogP contribution in [0.3, 0.4) is 0 Å². The van der Waals surface area contributed by atoms with Gasteiger partial charge in [-0.2, -0.15) is 5.10 Å². The first kappa shape index (κ1) is 28.0. The number of fused-ring (bicyclic) bond motifs is 2. The summed E-state index contributed by atoms with van der Waals surface area (Å²) in [5.74, 6) is -2.10. The van der Waals surface area contributed by atoms with Crippen LogP contribution in [0.5, 0.6) is 0 Å². The summed E-state index contributed by atoms with van der Waals surface area (Å²) in [4.78, 5) is 61.8. The van der Waals surface area contributed by atoms with Gasteiger partial charge in [0.25, 0.3) is 11.5 Å². The van der Waals surface area contributed by atoms with Crippen LogP contribution < -0.4 is 10.9 Å². The molecular formula is C26H29FN8O6. The van der Waals surface area contributed by atoms with Crippen LogP contribution in [0, 0.1) is 12.7 Å². The SMILES string of the molecule is Cc1ncn(-c2cc(F)ccc2CNC(=O)c2cc(=O)n3c(n2)C2(CCN(C(=O)C(=O)N(C)C)CC2O)OCC3)n1. The zero-order valence-electron chi connectivity index (χ0n) is 22.7. The van der Waals surface area contributed by atoms with Crippen molar-refractivity contribution in [1.82, 2.24) is 39.4 Å². The molecule has 0 aliphatic carbocycles. The van der Waals surface area contributed by atoms with Gasteiger partial charge in [0.2, 0.25) is 0 Å². The minimum absolute atomic E-state index is 0.0330. The van der Waals surface area contributed by atoms with Crippen LogP contribution in [0.2, 0.25) is 0 Å². The molecule has 15 heteroatoms. The summed E-state index contributed by atoms with van der Waals surface area (Å²) < 4.78 is 22.7. The van der Waals surface area contributed by atoms with Gasteiger partial charge in [0.05, 0.1) is 25.4 Å². The van der Waals surface area contributed by atoms with Gasteiger partial charge in [-0.15, -0.1) is 0 Å². The summed E-state index contributed by atoms with van der Waals surface area (Å²) in [7, 11) is 2.91.